The fourth-order valence-electron chi connectivity index (χ4n) is 1.74. The first-order valence-electron chi connectivity index (χ1n) is 5.42. The highest BCUT2D eigenvalue weighted by atomic mass is 31.2. The molecule has 0 aromatic heterocycles. The number of phosphoric acid groups is 1. The molecule has 21 heavy (non-hydrogen) atoms. The van der Waals surface area contributed by atoms with E-state index in [1.54, 1.807) is 0 Å². The average Bonchev–Trinajstić information content (AvgIpc) is 2.25. The van der Waals surface area contributed by atoms with Crippen molar-refractivity contribution in [2.24, 2.45) is 0 Å². The molecule has 1 aliphatic rings. The summed E-state index contributed by atoms with van der Waals surface area (Å²) >= 11 is 0. The molecule has 0 aliphatic carbocycles. The molecule has 0 saturated carbocycles. The zero-order valence-electron chi connectivity index (χ0n) is 10.9. The molecule has 1 heterocycles. The van der Waals surface area contributed by atoms with Crippen LogP contribution in [0.5, 0.6) is 0 Å². The minimum absolute atomic E-state index is 0.658. The van der Waals surface area contributed by atoms with Crippen LogP contribution in [0.2, 0.25) is 0 Å². The van der Waals surface area contributed by atoms with Gasteiger partial charge in [0.2, 0.25) is 0 Å². The largest absolute Gasteiger partial charge is 0.756 e. The summed E-state index contributed by atoms with van der Waals surface area (Å²) in [4.78, 5) is 11.1. The molecule has 4 nitrogen and oxygen atoms in total. The highest BCUT2D eigenvalue weighted by Gasteiger charge is 2.75. The van der Waals surface area contributed by atoms with Gasteiger partial charge in [0.1, 0.15) is 11.2 Å². The third-order valence-corrected chi connectivity index (χ3v) is 4.61. The molecule has 1 rings (SSSR count). The number of halogens is 7. The molecule has 126 valence electrons. The third kappa shape index (κ3) is 3.06. The molecule has 0 aromatic carbocycles. The maximum absolute atomic E-state index is 13.4. The van der Waals surface area contributed by atoms with E-state index in [0.717, 1.165) is 13.8 Å². The van der Waals surface area contributed by atoms with Crippen molar-refractivity contribution >= 4 is 7.82 Å². The van der Waals surface area contributed by atoms with Crippen LogP contribution in [-0.2, 0) is 13.6 Å². The van der Waals surface area contributed by atoms with Crippen molar-refractivity contribution in [2.75, 3.05) is 0 Å². The Morgan fingerprint density at radius 3 is 1.71 bits per heavy atom. The van der Waals surface area contributed by atoms with Gasteiger partial charge in [0, 0.05) is 0 Å². The summed E-state index contributed by atoms with van der Waals surface area (Å²) in [5.74, 6) is -11.9. The summed E-state index contributed by atoms with van der Waals surface area (Å²) in [6.45, 7) is 2.50. The molecule has 0 bridgehead atoms. The fourth-order valence-corrected chi connectivity index (χ4v) is 3.31. The van der Waals surface area contributed by atoms with Gasteiger partial charge in [0.05, 0.1) is 6.42 Å². The lowest BCUT2D eigenvalue weighted by atomic mass is 9.81. The Morgan fingerprint density at radius 2 is 1.43 bits per heavy atom. The van der Waals surface area contributed by atoms with E-state index in [9.17, 15) is 40.2 Å². The molecule has 0 spiro atoms. The number of phosphoric ester groups is 1. The molecular weight excluding hydrogens is 336 g/mol. The average molecular weight is 347 g/mol. The fraction of sp³-hybridized carbons (Fsp3) is 1.00. The normalized spacial score (nSPS) is 34.2. The first-order valence-corrected chi connectivity index (χ1v) is 6.88. The van der Waals surface area contributed by atoms with Gasteiger partial charge < -0.3 is 13.9 Å². The van der Waals surface area contributed by atoms with Crippen molar-refractivity contribution in [3.05, 3.63) is 0 Å². The third-order valence-electron chi connectivity index (χ3n) is 3.30. The second kappa shape index (κ2) is 4.56. The zero-order valence-corrected chi connectivity index (χ0v) is 11.8. The van der Waals surface area contributed by atoms with Crippen molar-refractivity contribution in [2.45, 2.75) is 56.4 Å². The molecule has 12 heteroatoms. The Hall–Kier alpha value is -0.380. The molecule has 0 N–H and O–H groups in total. The van der Waals surface area contributed by atoms with Crippen LogP contribution in [0.1, 0.15) is 27.2 Å². The van der Waals surface area contributed by atoms with Crippen molar-refractivity contribution in [3.8, 4) is 0 Å². The van der Waals surface area contributed by atoms with Gasteiger partial charge in [-0.3, -0.25) is 4.57 Å². The SMILES string of the molecule is CC1(C)OP(=O)([O-])OC1(C)CC(F)(F)C(F)(F)C(F)(F)F. The number of alkyl halides is 7. The lowest BCUT2D eigenvalue weighted by Crippen LogP contribution is -2.58. The Bertz CT molecular complexity index is 475. The van der Waals surface area contributed by atoms with Crippen molar-refractivity contribution in [3.63, 3.8) is 0 Å². The molecule has 0 aromatic rings. The molecule has 1 saturated heterocycles. The first kappa shape index (κ1) is 18.7. The van der Waals surface area contributed by atoms with E-state index in [0.29, 0.717) is 6.92 Å². The van der Waals surface area contributed by atoms with Crippen molar-refractivity contribution in [1.29, 1.82) is 0 Å². The Labute approximate surface area is 114 Å². The molecule has 2 unspecified atom stereocenters. The summed E-state index contributed by atoms with van der Waals surface area (Å²) in [7, 11) is -5.07. The van der Waals surface area contributed by atoms with E-state index >= 15 is 0 Å². The molecule has 0 radical (unpaired) electrons. The van der Waals surface area contributed by atoms with Crippen LogP contribution in [0.4, 0.5) is 30.7 Å². The summed E-state index contributed by atoms with van der Waals surface area (Å²) < 4.78 is 108. The molecule has 1 fully saturated rings. The van der Waals surface area contributed by atoms with E-state index < -0.39 is 43.5 Å². The Kier molecular flexibility index (Phi) is 4.05. The molecule has 2 atom stereocenters. The van der Waals surface area contributed by atoms with Crippen LogP contribution in [0.15, 0.2) is 0 Å². The predicted octanol–water partition coefficient (Wildman–Crippen LogP) is 3.26. The smallest absolute Gasteiger partial charge is 0.459 e. The van der Waals surface area contributed by atoms with Crippen LogP contribution in [0.3, 0.4) is 0 Å². The summed E-state index contributed by atoms with van der Waals surface area (Å²) in [5, 5.41) is 0. The molecule has 0 amide bonds. The molecular formula is C9H11F7O4P-. The van der Waals surface area contributed by atoms with Crippen LogP contribution in [-0.4, -0.2) is 29.2 Å². The van der Waals surface area contributed by atoms with E-state index in [4.69, 9.17) is 0 Å². The van der Waals surface area contributed by atoms with Crippen LogP contribution in [0, 0.1) is 0 Å². The van der Waals surface area contributed by atoms with Gasteiger partial charge in [0.15, 0.2) is 0 Å². The standard InChI is InChI=1S/C9H12F7O4P/c1-5(2)6(3,20-21(17,18)19-5)4-7(10,11)8(12,13)9(14,15)16/h4H2,1-3H3,(H,17,18)/p-1. The molecule has 1 aliphatic heterocycles. The van der Waals surface area contributed by atoms with E-state index in [1.165, 1.54) is 0 Å². The second-order valence-electron chi connectivity index (χ2n) is 5.32. The monoisotopic (exact) mass is 347 g/mol. The highest BCUT2D eigenvalue weighted by molar-refractivity contribution is 7.46. The van der Waals surface area contributed by atoms with E-state index in [-0.39, 0.29) is 0 Å². The quantitative estimate of drug-likeness (QED) is 0.581. The maximum atomic E-state index is 13.4. The number of rotatable bonds is 3. The van der Waals surface area contributed by atoms with Crippen LogP contribution < -0.4 is 4.89 Å². The maximum Gasteiger partial charge on any atom is 0.459 e. The highest BCUT2D eigenvalue weighted by Crippen LogP contribution is 2.62. The Morgan fingerprint density at radius 1 is 1.00 bits per heavy atom. The van der Waals surface area contributed by atoms with Crippen molar-refractivity contribution in [1.82, 2.24) is 0 Å². The minimum atomic E-state index is -6.50. The lowest BCUT2D eigenvalue weighted by molar-refractivity contribution is -0.361. The van der Waals surface area contributed by atoms with Crippen molar-refractivity contribution < 1.29 is 49.2 Å². The zero-order chi connectivity index (χ0) is 17.1. The van der Waals surface area contributed by atoms with Gasteiger partial charge in [-0.2, -0.15) is 30.7 Å². The van der Waals surface area contributed by atoms with Gasteiger partial charge in [-0.25, -0.2) is 0 Å². The van der Waals surface area contributed by atoms with E-state index in [2.05, 4.69) is 9.05 Å². The first-order chi connectivity index (χ1) is 8.87. The minimum Gasteiger partial charge on any atom is -0.756 e. The van der Waals surface area contributed by atoms with Gasteiger partial charge in [-0.1, -0.05) is 0 Å². The van der Waals surface area contributed by atoms with Gasteiger partial charge >= 0.3 is 18.0 Å². The van der Waals surface area contributed by atoms with Crippen LogP contribution in [0.25, 0.3) is 0 Å². The topological polar surface area (TPSA) is 58.6 Å². The summed E-state index contributed by atoms with van der Waals surface area (Å²) in [6.07, 6.45) is -8.70. The van der Waals surface area contributed by atoms with Crippen LogP contribution >= 0.6 is 7.82 Å². The lowest BCUT2D eigenvalue weighted by Gasteiger charge is -2.38. The van der Waals surface area contributed by atoms with Gasteiger partial charge in [-0.15, -0.1) is 0 Å². The predicted molar refractivity (Wildman–Crippen MR) is 52.8 cm³/mol. The summed E-state index contributed by atoms with van der Waals surface area (Å²) in [5.41, 5.74) is -4.64. The Balaban J connectivity index is 3.18. The second-order valence-corrected chi connectivity index (χ2v) is 6.58. The summed E-state index contributed by atoms with van der Waals surface area (Å²) in [6, 6.07) is 0. The number of hydrogen-bond acceptors (Lipinski definition) is 4. The van der Waals surface area contributed by atoms with E-state index in [1.807, 2.05) is 0 Å². The number of hydrogen-bond donors (Lipinski definition) is 0. The van der Waals surface area contributed by atoms with Gasteiger partial charge in [-0.05, 0) is 20.8 Å². The van der Waals surface area contributed by atoms with Gasteiger partial charge in [0.25, 0.3) is 7.82 Å².